The quantitative estimate of drug-likeness (QED) is 0.397. The van der Waals surface area contributed by atoms with Crippen LogP contribution in [0.2, 0.25) is 0 Å². The first kappa shape index (κ1) is 18.8. The van der Waals surface area contributed by atoms with Crippen LogP contribution >= 0.6 is 15.9 Å². The lowest BCUT2D eigenvalue weighted by molar-refractivity contribution is -0.122. The molecule has 0 unspecified atom stereocenters. The van der Waals surface area contributed by atoms with E-state index in [9.17, 15) is 9.59 Å². The topological polar surface area (TPSA) is 46.6 Å². The largest absolute Gasteiger partial charge is 0.494 e. The molecule has 0 radical (unpaired) electrons. The van der Waals surface area contributed by atoms with Crippen molar-refractivity contribution in [3.63, 3.8) is 0 Å². The van der Waals surface area contributed by atoms with E-state index in [-0.39, 0.29) is 17.7 Å². The Labute approximate surface area is 189 Å². The molecule has 7 rings (SSSR count). The fourth-order valence-electron chi connectivity index (χ4n) is 5.79. The van der Waals surface area contributed by atoms with Crippen molar-refractivity contribution in [2.75, 3.05) is 11.5 Å². The average Bonchev–Trinajstić information content (AvgIpc) is 3.07. The molecule has 3 aliphatic carbocycles. The van der Waals surface area contributed by atoms with E-state index in [2.05, 4.69) is 40.2 Å². The molecular formula is C26H20BrNO3. The van der Waals surface area contributed by atoms with Gasteiger partial charge >= 0.3 is 0 Å². The molecule has 0 aromatic heterocycles. The summed E-state index contributed by atoms with van der Waals surface area (Å²) in [5.41, 5.74) is 5.05. The second-order valence-corrected chi connectivity index (χ2v) is 9.56. The summed E-state index contributed by atoms with van der Waals surface area (Å²) in [5, 5.41) is 0. The van der Waals surface area contributed by atoms with Crippen LogP contribution in [0.5, 0.6) is 5.75 Å². The molecule has 154 valence electrons. The number of rotatable bonds is 3. The highest BCUT2D eigenvalue weighted by Gasteiger charge is 2.67. The molecule has 1 saturated heterocycles. The lowest BCUT2D eigenvalue weighted by Crippen LogP contribution is -2.50. The van der Waals surface area contributed by atoms with Gasteiger partial charge < -0.3 is 4.74 Å². The van der Waals surface area contributed by atoms with Crippen molar-refractivity contribution < 1.29 is 14.3 Å². The van der Waals surface area contributed by atoms with Crippen LogP contribution in [0, 0.1) is 11.8 Å². The Kier molecular flexibility index (Phi) is 3.97. The van der Waals surface area contributed by atoms with Gasteiger partial charge in [-0.05, 0) is 53.4 Å². The van der Waals surface area contributed by atoms with Crippen LogP contribution in [0.15, 0.2) is 72.8 Å². The fraction of sp³-hybridized carbons (Fsp3) is 0.231. The van der Waals surface area contributed by atoms with Gasteiger partial charge in [0.2, 0.25) is 11.8 Å². The van der Waals surface area contributed by atoms with Gasteiger partial charge in [-0.3, -0.25) is 9.59 Å². The molecule has 31 heavy (non-hydrogen) atoms. The molecule has 0 spiro atoms. The van der Waals surface area contributed by atoms with Crippen molar-refractivity contribution >= 4 is 33.4 Å². The van der Waals surface area contributed by atoms with E-state index in [4.69, 9.17) is 4.74 Å². The summed E-state index contributed by atoms with van der Waals surface area (Å²) in [7, 11) is 0. The van der Waals surface area contributed by atoms with E-state index < -0.39 is 16.2 Å². The van der Waals surface area contributed by atoms with Crippen molar-refractivity contribution in [2.45, 2.75) is 17.2 Å². The number of nitrogens with zero attached hydrogens (tertiary/aromatic N) is 1. The molecule has 5 heteroatoms. The zero-order valence-corrected chi connectivity index (χ0v) is 18.5. The fourth-order valence-corrected chi connectivity index (χ4v) is 6.99. The number of hydrogen-bond acceptors (Lipinski definition) is 3. The van der Waals surface area contributed by atoms with Crippen LogP contribution in [0.4, 0.5) is 5.69 Å². The van der Waals surface area contributed by atoms with E-state index in [0.29, 0.717) is 12.3 Å². The van der Waals surface area contributed by atoms with E-state index in [1.165, 1.54) is 4.90 Å². The Morgan fingerprint density at radius 2 is 1.45 bits per heavy atom. The van der Waals surface area contributed by atoms with E-state index in [0.717, 1.165) is 28.0 Å². The van der Waals surface area contributed by atoms with Gasteiger partial charge in [0.05, 0.1) is 28.5 Å². The van der Waals surface area contributed by atoms with Crippen molar-refractivity contribution in [3.05, 3.63) is 95.1 Å². The van der Waals surface area contributed by atoms with Crippen LogP contribution in [-0.2, 0) is 13.9 Å². The summed E-state index contributed by atoms with van der Waals surface area (Å²) < 4.78 is 4.80. The number of anilines is 1. The lowest BCUT2D eigenvalue weighted by Gasteiger charge is -2.51. The zero-order valence-electron chi connectivity index (χ0n) is 16.9. The van der Waals surface area contributed by atoms with Gasteiger partial charge in [0.25, 0.3) is 0 Å². The van der Waals surface area contributed by atoms with Gasteiger partial charge in [-0.25, -0.2) is 4.90 Å². The maximum atomic E-state index is 13.8. The van der Waals surface area contributed by atoms with Crippen LogP contribution < -0.4 is 9.64 Å². The molecule has 0 N–H and O–H groups in total. The first-order chi connectivity index (χ1) is 15.1. The summed E-state index contributed by atoms with van der Waals surface area (Å²) in [6.07, 6.45) is 0. The Morgan fingerprint density at radius 3 is 2.03 bits per heavy atom. The minimum Gasteiger partial charge on any atom is -0.494 e. The standard InChI is InChI=1S/C26H20BrNO3/c1-2-31-16-13-11-15(12-14-16)28-24(29)22-21-17-7-3-5-9-19(17)26(27,23(22)25(28)30)20-10-6-4-8-18(20)21/h3-14,21-23H,2H2,1H3/t21?,22-,23+,26?/m1/s1. The summed E-state index contributed by atoms with van der Waals surface area (Å²) >= 11 is 4.02. The number of imide groups is 1. The van der Waals surface area contributed by atoms with Crippen LogP contribution in [0.3, 0.4) is 0 Å². The molecule has 1 fully saturated rings. The second kappa shape index (κ2) is 6.54. The molecule has 2 bridgehead atoms. The van der Waals surface area contributed by atoms with Gasteiger partial charge in [0, 0.05) is 5.92 Å². The SMILES string of the molecule is CCOc1ccc(N2C(=O)[C@@H]3C4c5ccccc5C(Br)(c5ccccc54)[C@@H]3C2=O)cc1. The van der Waals surface area contributed by atoms with Gasteiger partial charge in [-0.15, -0.1) is 0 Å². The highest BCUT2D eigenvalue weighted by atomic mass is 79.9. The number of hydrogen-bond donors (Lipinski definition) is 0. The number of ether oxygens (including phenoxy) is 1. The molecule has 4 nitrogen and oxygen atoms in total. The molecule has 1 aliphatic heterocycles. The highest BCUT2D eigenvalue weighted by Crippen LogP contribution is 2.66. The second-order valence-electron chi connectivity index (χ2n) is 8.31. The number of amides is 2. The van der Waals surface area contributed by atoms with Crippen LogP contribution in [0.25, 0.3) is 0 Å². The molecule has 1 heterocycles. The average molecular weight is 474 g/mol. The third kappa shape index (κ3) is 2.30. The molecule has 3 aromatic rings. The first-order valence-electron chi connectivity index (χ1n) is 10.6. The number of benzene rings is 3. The van der Waals surface area contributed by atoms with Crippen molar-refractivity contribution in [1.82, 2.24) is 0 Å². The summed E-state index contributed by atoms with van der Waals surface area (Å²) in [5.74, 6) is -0.591. The minimum atomic E-state index is -0.716. The predicted octanol–water partition coefficient (Wildman–Crippen LogP) is 4.99. The van der Waals surface area contributed by atoms with Crippen LogP contribution in [-0.4, -0.2) is 18.4 Å². The van der Waals surface area contributed by atoms with Crippen LogP contribution in [0.1, 0.15) is 35.1 Å². The Morgan fingerprint density at radius 1 is 0.871 bits per heavy atom. The number of halogens is 1. The molecular weight excluding hydrogens is 454 g/mol. The Bertz CT molecular complexity index is 1190. The van der Waals surface area contributed by atoms with Gasteiger partial charge in [-0.2, -0.15) is 0 Å². The maximum absolute atomic E-state index is 13.8. The normalized spacial score (nSPS) is 27.7. The van der Waals surface area contributed by atoms with Gasteiger partial charge in [0.1, 0.15) is 5.75 Å². The summed E-state index contributed by atoms with van der Waals surface area (Å²) in [6.45, 7) is 2.49. The van der Waals surface area contributed by atoms with Gasteiger partial charge in [0.15, 0.2) is 0 Å². The Hall–Kier alpha value is -2.92. The number of carbonyl (C=O) groups is 2. The summed E-state index contributed by atoms with van der Waals surface area (Å²) in [4.78, 5) is 29.0. The van der Waals surface area contributed by atoms with E-state index >= 15 is 0 Å². The highest BCUT2D eigenvalue weighted by molar-refractivity contribution is 9.09. The minimum absolute atomic E-state index is 0.124. The lowest BCUT2D eigenvalue weighted by atomic mass is 9.55. The van der Waals surface area contributed by atoms with Crippen molar-refractivity contribution in [3.8, 4) is 5.75 Å². The molecule has 2 amide bonds. The molecule has 4 aliphatic rings. The number of alkyl halides is 1. The van der Waals surface area contributed by atoms with E-state index in [1.807, 2.05) is 43.3 Å². The van der Waals surface area contributed by atoms with Crippen molar-refractivity contribution in [2.24, 2.45) is 11.8 Å². The zero-order chi connectivity index (χ0) is 21.3. The third-order valence-corrected chi connectivity index (χ3v) is 8.27. The summed E-state index contributed by atoms with van der Waals surface area (Å²) in [6, 6.07) is 23.6. The molecule has 2 atom stereocenters. The van der Waals surface area contributed by atoms with Gasteiger partial charge in [-0.1, -0.05) is 64.5 Å². The smallest absolute Gasteiger partial charge is 0.239 e. The number of carbonyl (C=O) groups excluding carboxylic acids is 2. The van der Waals surface area contributed by atoms with E-state index in [1.54, 1.807) is 12.1 Å². The maximum Gasteiger partial charge on any atom is 0.239 e. The predicted molar refractivity (Wildman–Crippen MR) is 122 cm³/mol. The van der Waals surface area contributed by atoms with Crippen molar-refractivity contribution in [1.29, 1.82) is 0 Å². The molecule has 3 aromatic carbocycles. The monoisotopic (exact) mass is 473 g/mol. The first-order valence-corrected chi connectivity index (χ1v) is 11.3. The molecule has 0 saturated carbocycles. The third-order valence-electron chi connectivity index (χ3n) is 6.92. The Balaban J connectivity index is 1.53.